The summed E-state index contributed by atoms with van der Waals surface area (Å²) >= 11 is 0. The molecule has 40 heavy (non-hydrogen) atoms. The highest BCUT2D eigenvalue weighted by Gasteiger charge is 2.25. The van der Waals surface area contributed by atoms with E-state index in [9.17, 15) is 4.79 Å². The Hall–Kier alpha value is -4.18. The summed E-state index contributed by atoms with van der Waals surface area (Å²) in [7, 11) is 0. The molecular formula is C30H36N8O2. The molecule has 6 rings (SSSR count). The number of piperazine rings is 1. The molecule has 2 aromatic heterocycles. The molecule has 0 bridgehead atoms. The van der Waals surface area contributed by atoms with Gasteiger partial charge < -0.3 is 29.7 Å². The van der Waals surface area contributed by atoms with Crippen molar-refractivity contribution in [3.63, 3.8) is 0 Å². The summed E-state index contributed by atoms with van der Waals surface area (Å²) in [5.74, 6) is 1.37. The fourth-order valence-corrected chi connectivity index (χ4v) is 5.29. The molecule has 0 spiro atoms. The van der Waals surface area contributed by atoms with Crippen molar-refractivity contribution in [2.24, 2.45) is 0 Å². The van der Waals surface area contributed by atoms with Gasteiger partial charge in [-0.25, -0.2) is 9.78 Å². The third-order valence-corrected chi connectivity index (χ3v) is 7.56. The zero-order chi connectivity index (χ0) is 27.5. The van der Waals surface area contributed by atoms with Crippen molar-refractivity contribution in [2.45, 2.75) is 39.3 Å². The van der Waals surface area contributed by atoms with Gasteiger partial charge in [-0.3, -0.25) is 0 Å². The van der Waals surface area contributed by atoms with Gasteiger partial charge in [0.2, 0.25) is 5.95 Å². The van der Waals surface area contributed by atoms with Crippen LogP contribution in [0, 0.1) is 13.8 Å². The molecule has 2 fully saturated rings. The average Bonchev–Trinajstić information content (AvgIpc) is 3.63. The van der Waals surface area contributed by atoms with E-state index in [1.807, 2.05) is 42.4 Å². The van der Waals surface area contributed by atoms with E-state index in [0.717, 1.165) is 47.7 Å². The number of hydrogen-bond acceptors (Lipinski definition) is 7. The third kappa shape index (κ3) is 5.86. The van der Waals surface area contributed by atoms with Crippen LogP contribution in [0.2, 0.25) is 0 Å². The maximum atomic E-state index is 12.9. The lowest BCUT2D eigenvalue weighted by molar-refractivity contribution is 0.120. The number of benzene rings is 2. The minimum absolute atomic E-state index is 0.0879. The van der Waals surface area contributed by atoms with Gasteiger partial charge in [-0.1, -0.05) is 47.5 Å². The number of amides is 2. The number of carbonyl (C=O) groups excluding carboxylic acids is 1. The van der Waals surface area contributed by atoms with E-state index in [4.69, 9.17) is 19.7 Å². The first-order valence-electron chi connectivity index (χ1n) is 14.0. The van der Waals surface area contributed by atoms with Crippen molar-refractivity contribution in [2.75, 3.05) is 54.9 Å². The predicted molar refractivity (Wildman–Crippen MR) is 157 cm³/mol. The maximum Gasteiger partial charge on any atom is 0.321 e. The summed E-state index contributed by atoms with van der Waals surface area (Å²) in [5, 5.41) is 6.51. The van der Waals surface area contributed by atoms with Crippen LogP contribution < -0.4 is 15.5 Å². The topological polar surface area (TPSA) is 100 Å². The standard InChI is InChI=1S/C30H36N8O2/c1-21-8-10-24(11-9-21)33-30(39)37-14-12-36(13-15-37)29-34-27(31-18-25-7-4-16-40-25)26-28(35-29)38(20-32-26)19-23-6-3-5-22(2)17-23/h3,5-6,8-11,17,20,25H,4,7,12-16,18-19H2,1-2H3,(H,33,39)(H,31,34,35). The number of hydrogen-bond donors (Lipinski definition) is 2. The van der Waals surface area contributed by atoms with E-state index in [-0.39, 0.29) is 12.1 Å². The Morgan fingerprint density at radius 3 is 2.60 bits per heavy atom. The van der Waals surface area contributed by atoms with Crippen LogP contribution in [0.25, 0.3) is 11.2 Å². The Labute approximate surface area is 234 Å². The van der Waals surface area contributed by atoms with Crippen LogP contribution >= 0.6 is 0 Å². The summed E-state index contributed by atoms with van der Waals surface area (Å²) in [4.78, 5) is 31.5. The Balaban J connectivity index is 1.21. The van der Waals surface area contributed by atoms with E-state index in [1.165, 1.54) is 11.1 Å². The lowest BCUT2D eigenvalue weighted by atomic mass is 10.1. The Bertz CT molecular complexity index is 1470. The molecule has 2 amide bonds. The molecular weight excluding hydrogens is 504 g/mol. The van der Waals surface area contributed by atoms with Crippen LogP contribution in [0.15, 0.2) is 54.9 Å². The van der Waals surface area contributed by atoms with Gasteiger partial charge >= 0.3 is 6.03 Å². The monoisotopic (exact) mass is 540 g/mol. The minimum Gasteiger partial charge on any atom is -0.376 e. The minimum atomic E-state index is -0.0879. The zero-order valence-electron chi connectivity index (χ0n) is 23.1. The van der Waals surface area contributed by atoms with Crippen molar-refractivity contribution in [3.05, 3.63) is 71.5 Å². The van der Waals surface area contributed by atoms with Crippen molar-refractivity contribution < 1.29 is 9.53 Å². The number of nitrogens with zero attached hydrogens (tertiary/aromatic N) is 6. The van der Waals surface area contributed by atoms with Crippen LogP contribution in [0.1, 0.15) is 29.5 Å². The Kier molecular flexibility index (Phi) is 7.50. The average molecular weight is 541 g/mol. The second-order valence-electron chi connectivity index (χ2n) is 10.7. The molecule has 2 aromatic carbocycles. The molecule has 1 unspecified atom stereocenters. The normalized spacial score (nSPS) is 17.4. The van der Waals surface area contributed by atoms with Gasteiger partial charge in [-0.15, -0.1) is 0 Å². The van der Waals surface area contributed by atoms with Gasteiger partial charge in [0, 0.05) is 45.0 Å². The number of nitrogens with one attached hydrogen (secondary N) is 2. The number of carbonyl (C=O) groups is 1. The van der Waals surface area contributed by atoms with Gasteiger partial charge in [-0.05, 0) is 44.4 Å². The van der Waals surface area contributed by atoms with Crippen molar-refractivity contribution in [1.29, 1.82) is 0 Å². The highest BCUT2D eigenvalue weighted by molar-refractivity contribution is 5.89. The van der Waals surface area contributed by atoms with Crippen molar-refractivity contribution in [1.82, 2.24) is 24.4 Å². The number of rotatable bonds is 7. The third-order valence-electron chi connectivity index (χ3n) is 7.56. The number of aromatic nitrogens is 4. The van der Waals surface area contributed by atoms with E-state index < -0.39 is 0 Å². The Morgan fingerprint density at radius 1 is 1.02 bits per heavy atom. The molecule has 4 heterocycles. The zero-order valence-corrected chi connectivity index (χ0v) is 23.1. The molecule has 10 nitrogen and oxygen atoms in total. The molecule has 0 aliphatic carbocycles. The molecule has 4 aromatic rings. The Morgan fingerprint density at radius 2 is 1.85 bits per heavy atom. The largest absolute Gasteiger partial charge is 0.376 e. The first-order chi connectivity index (χ1) is 19.5. The van der Waals surface area contributed by atoms with Crippen LogP contribution in [-0.2, 0) is 11.3 Å². The second kappa shape index (κ2) is 11.5. The quantitative estimate of drug-likeness (QED) is 0.358. The van der Waals surface area contributed by atoms with Crippen LogP contribution in [0.3, 0.4) is 0 Å². The number of imidazole rings is 1. The highest BCUT2D eigenvalue weighted by Crippen LogP contribution is 2.25. The van der Waals surface area contributed by atoms with Crippen LogP contribution in [0.4, 0.5) is 22.2 Å². The lowest BCUT2D eigenvalue weighted by Crippen LogP contribution is -2.50. The highest BCUT2D eigenvalue weighted by atomic mass is 16.5. The molecule has 2 N–H and O–H groups in total. The number of fused-ring (bicyclic) bond motifs is 1. The fraction of sp³-hybridized carbons (Fsp3) is 0.400. The molecule has 10 heteroatoms. The molecule has 2 aliphatic heterocycles. The fourth-order valence-electron chi connectivity index (χ4n) is 5.29. The molecule has 0 saturated carbocycles. The molecule has 0 radical (unpaired) electrons. The first-order valence-corrected chi connectivity index (χ1v) is 14.0. The molecule has 2 saturated heterocycles. The van der Waals surface area contributed by atoms with Gasteiger partial charge in [0.1, 0.15) is 0 Å². The number of urea groups is 1. The first kappa shape index (κ1) is 26.1. The number of ether oxygens (including phenoxy) is 1. The van der Waals surface area contributed by atoms with Gasteiger partial charge in [-0.2, -0.15) is 9.97 Å². The number of aryl methyl sites for hydroxylation is 2. The van der Waals surface area contributed by atoms with E-state index in [1.54, 1.807) is 0 Å². The van der Waals surface area contributed by atoms with Crippen LogP contribution in [0.5, 0.6) is 0 Å². The smallest absolute Gasteiger partial charge is 0.321 e. The maximum absolute atomic E-state index is 12.9. The molecule has 208 valence electrons. The summed E-state index contributed by atoms with van der Waals surface area (Å²) in [6, 6.07) is 16.2. The molecule has 2 aliphatic rings. The second-order valence-corrected chi connectivity index (χ2v) is 10.7. The van der Waals surface area contributed by atoms with Gasteiger partial charge in [0.25, 0.3) is 0 Å². The lowest BCUT2D eigenvalue weighted by Gasteiger charge is -2.34. The van der Waals surface area contributed by atoms with Crippen molar-refractivity contribution in [3.8, 4) is 0 Å². The SMILES string of the molecule is Cc1ccc(NC(=O)N2CCN(c3nc(NCC4CCCO4)c4ncn(Cc5cccc(C)c5)c4n3)CC2)cc1. The summed E-state index contributed by atoms with van der Waals surface area (Å²) in [6.45, 7) is 8.75. The summed E-state index contributed by atoms with van der Waals surface area (Å²) < 4.78 is 7.91. The van der Waals surface area contributed by atoms with E-state index in [0.29, 0.717) is 45.2 Å². The van der Waals surface area contributed by atoms with Gasteiger partial charge in [0.05, 0.1) is 19.0 Å². The molecule has 1 atom stereocenters. The van der Waals surface area contributed by atoms with Crippen molar-refractivity contribution >= 4 is 34.6 Å². The summed E-state index contributed by atoms with van der Waals surface area (Å²) in [5.41, 5.74) is 5.93. The summed E-state index contributed by atoms with van der Waals surface area (Å²) in [6.07, 6.45) is 4.15. The van der Waals surface area contributed by atoms with Crippen LogP contribution in [-0.4, -0.2) is 75.9 Å². The predicted octanol–water partition coefficient (Wildman–Crippen LogP) is 4.44. The van der Waals surface area contributed by atoms with E-state index in [2.05, 4.69) is 51.3 Å². The van der Waals surface area contributed by atoms with E-state index >= 15 is 0 Å². The van der Waals surface area contributed by atoms with Gasteiger partial charge in [0.15, 0.2) is 17.0 Å². The number of anilines is 3.